The molecule has 8 nitrogen and oxygen atoms in total. The van der Waals surface area contributed by atoms with Crippen molar-refractivity contribution in [3.05, 3.63) is 41.9 Å². The molecule has 25 heavy (non-hydrogen) atoms. The molecular formula is C17H22N6O2. The van der Waals surface area contributed by atoms with E-state index in [1.54, 1.807) is 24.4 Å². The zero-order valence-corrected chi connectivity index (χ0v) is 14.2. The fourth-order valence-electron chi connectivity index (χ4n) is 2.52. The summed E-state index contributed by atoms with van der Waals surface area (Å²) in [7, 11) is 0. The number of carbonyl (C=O) groups excluding carboxylic acids is 1. The van der Waals surface area contributed by atoms with E-state index in [0.717, 1.165) is 24.6 Å². The fourth-order valence-corrected chi connectivity index (χ4v) is 2.52. The van der Waals surface area contributed by atoms with Crippen LogP contribution in [0.4, 0.5) is 11.8 Å². The lowest BCUT2D eigenvalue weighted by atomic mass is 10.3. The maximum absolute atomic E-state index is 11.9. The molecule has 2 aromatic rings. The number of aromatic nitrogens is 3. The average Bonchev–Trinajstić information content (AvgIpc) is 2.66. The first-order valence-electron chi connectivity index (χ1n) is 8.34. The van der Waals surface area contributed by atoms with Gasteiger partial charge in [0, 0.05) is 44.1 Å². The Balaban J connectivity index is 1.51. The molecule has 0 bridgehead atoms. The van der Waals surface area contributed by atoms with Crippen molar-refractivity contribution in [1.82, 2.24) is 20.3 Å². The van der Waals surface area contributed by atoms with E-state index in [9.17, 15) is 4.79 Å². The highest BCUT2D eigenvalue weighted by Crippen LogP contribution is 2.15. The summed E-state index contributed by atoms with van der Waals surface area (Å²) in [6.45, 7) is 6.02. The van der Waals surface area contributed by atoms with Crippen LogP contribution in [0.3, 0.4) is 0 Å². The average molecular weight is 342 g/mol. The molecular weight excluding hydrogens is 320 g/mol. The number of hydrogen-bond acceptors (Lipinski definition) is 7. The molecule has 0 spiro atoms. The van der Waals surface area contributed by atoms with Crippen LogP contribution in [0, 0.1) is 6.92 Å². The van der Waals surface area contributed by atoms with Gasteiger partial charge in [0.05, 0.1) is 13.2 Å². The third-order valence-corrected chi connectivity index (χ3v) is 3.77. The summed E-state index contributed by atoms with van der Waals surface area (Å²) >= 11 is 0. The number of carbonyl (C=O) groups is 1. The Morgan fingerprint density at radius 3 is 2.84 bits per heavy atom. The lowest BCUT2D eigenvalue weighted by Crippen LogP contribution is -2.37. The van der Waals surface area contributed by atoms with Gasteiger partial charge in [-0.25, -0.2) is 4.98 Å². The highest BCUT2D eigenvalue weighted by Gasteiger charge is 2.14. The maximum atomic E-state index is 11.9. The highest BCUT2D eigenvalue weighted by atomic mass is 16.5. The summed E-state index contributed by atoms with van der Waals surface area (Å²) in [4.78, 5) is 27.1. The van der Waals surface area contributed by atoms with Crippen molar-refractivity contribution >= 4 is 17.7 Å². The number of aryl methyl sites for hydroxylation is 1. The van der Waals surface area contributed by atoms with Crippen molar-refractivity contribution in [1.29, 1.82) is 0 Å². The van der Waals surface area contributed by atoms with Crippen LogP contribution < -0.4 is 15.5 Å². The molecule has 1 saturated heterocycles. The number of anilines is 2. The minimum absolute atomic E-state index is 0.193. The molecule has 8 heteroatoms. The number of amides is 1. The predicted molar refractivity (Wildman–Crippen MR) is 94.9 cm³/mol. The molecule has 3 rings (SSSR count). The van der Waals surface area contributed by atoms with Gasteiger partial charge in [-0.05, 0) is 19.1 Å². The molecule has 0 atom stereocenters. The van der Waals surface area contributed by atoms with Crippen LogP contribution in [0.2, 0.25) is 0 Å². The van der Waals surface area contributed by atoms with Crippen LogP contribution >= 0.6 is 0 Å². The van der Waals surface area contributed by atoms with Gasteiger partial charge in [-0.3, -0.25) is 9.78 Å². The van der Waals surface area contributed by atoms with E-state index in [2.05, 4.69) is 30.5 Å². The second kappa shape index (κ2) is 8.39. The second-order valence-electron chi connectivity index (χ2n) is 5.69. The summed E-state index contributed by atoms with van der Waals surface area (Å²) in [6, 6.07) is 7.22. The number of pyridine rings is 1. The molecule has 1 aliphatic rings. The van der Waals surface area contributed by atoms with Gasteiger partial charge < -0.3 is 20.3 Å². The van der Waals surface area contributed by atoms with Crippen molar-refractivity contribution < 1.29 is 9.53 Å². The lowest BCUT2D eigenvalue weighted by molar-refractivity contribution is 0.0950. The van der Waals surface area contributed by atoms with Gasteiger partial charge in [-0.15, -0.1) is 0 Å². The quantitative estimate of drug-likeness (QED) is 0.752. The summed E-state index contributed by atoms with van der Waals surface area (Å²) in [5, 5.41) is 5.97. The molecule has 2 aromatic heterocycles. The Kier molecular flexibility index (Phi) is 5.73. The summed E-state index contributed by atoms with van der Waals surface area (Å²) in [5.41, 5.74) is 1.31. The van der Waals surface area contributed by atoms with Crippen LogP contribution in [0.1, 0.15) is 16.2 Å². The maximum Gasteiger partial charge on any atom is 0.269 e. The van der Waals surface area contributed by atoms with Gasteiger partial charge in [0.1, 0.15) is 11.5 Å². The van der Waals surface area contributed by atoms with Gasteiger partial charge in [0.25, 0.3) is 5.91 Å². The van der Waals surface area contributed by atoms with Crippen LogP contribution in [-0.4, -0.2) is 60.3 Å². The monoisotopic (exact) mass is 342 g/mol. The first-order valence-corrected chi connectivity index (χ1v) is 8.34. The minimum Gasteiger partial charge on any atom is -0.378 e. The molecule has 132 valence electrons. The molecule has 3 heterocycles. The summed E-state index contributed by atoms with van der Waals surface area (Å²) in [5.74, 6) is 1.27. The van der Waals surface area contributed by atoms with Crippen molar-refractivity contribution in [3.8, 4) is 0 Å². The Hall–Kier alpha value is -2.74. The van der Waals surface area contributed by atoms with E-state index >= 15 is 0 Å². The zero-order chi connectivity index (χ0) is 17.5. The number of nitrogens with one attached hydrogen (secondary N) is 2. The van der Waals surface area contributed by atoms with Crippen molar-refractivity contribution in [2.45, 2.75) is 6.92 Å². The molecule has 1 amide bonds. The molecule has 0 radical (unpaired) electrons. The fraction of sp³-hybridized carbons (Fsp3) is 0.412. The van der Waals surface area contributed by atoms with Crippen molar-refractivity contribution in [2.75, 3.05) is 49.6 Å². The van der Waals surface area contributed by atoms with E-state index in [0.29, 0.717) is 37.9 Å². The number of nitrogens with zero attached hydrogens (tertiary/aromatic N) is 4. The van der Waals surface area contributed by atoms with E-state index in [-0.39, 0.29) is 5.91 Å². The number of hydrogen-bond donors (Lipinski definition) is 2. The second-order valence-corrected chi connectivity index (χ2v) is 5.69. The van der Waals surface area contributed by atoms with Gasteiger partial charge in [0.15, 0.2) is 0 Å². The molecule has 1 fully saturated rings. The largest absolute Gasteiger partial charge is 0.378 e. The van der Waals surface area contributed by atoms with Gasteiger partial charge in [-0.1, -0.05) is 6.07 Å². The van der Waals surface area contributed by atoms with E-state index < -0.39 is 0 Å². The van der Waals surface area contributed by atoms with E-state index in [1.807, 2.05) is 13.0 Å². The van der Waals surface area contributed by atoms with Crippen molar-refractivity contribution in [3.63, 3.8) is 0 Å². The molecule has 0 aliphatic carbocycles. The Labute approximate surface area is 146 Å². The lowest BCUT2D eigenvalue weighted by Gasteiger charge is -2.28. The highest BCUT2D eigenvalue weighted by molar-refractivity contribution is 5.92. The molecule has 2 N–H and O–H groups in total. The van der Waals surface area contributed by atoms with E-state index in [1.165, 1.54) is 0 Å². The van der Waals surface area contributed by atoms with E-state index in [4.69, 9.17) is 4.74 Å². The van der Waals surface area contributed by atoms with Crippen LogP contribution in [0.25, 0.3) is 0 Å². The SMILES string of the molecule is Cc1cc(N2CCOCC2)nc(NCCNC(=O)c2ccccn2)n1. The van der Waals surface area contributed by atoms with Crippen LogP contribution in [0.5, 0.6) is 0 Å². The summed E-state index contributed by atoms with van der Waals surface area (Å²) < 4.78 is 5.37. The number of rotatable bonds is 6. The third kappa shape index (κ3) is 4.87. The van der Waals surface area contributed by atoms with Crippen LogP contribution in [0.15, 0.2) is 30.5 Å². The zero-order valence-electron chi connectivity index (χ0n) is 14.2. The third-order valence-electron chi connectivity index (χ3n) is 3.77. The Morgan fingerprint density at radius 2 is 2.08 bits per heavy atom. The van der Waals surface area contributed by atoms with Gasteiger partial charge in [-0.2, -0.15) is 4.98 Å². The first kappa shape index (κ1) is 17.1. The van der Waals surface area contributed by atoms with Gasteiger partial charge >= 0.3 is 0 Å². The van der Waals surface area contributed by atoms with Crippen LogP contribution in [-0.2, 0) is 4.74 Å². The smallest absolute Gasteiger partial charge is 0.269 e. The standard InChI is InChI=1S/C17H22N6O2/c1-13-12-15(23-8-10-25-11-9-23)22-17(21-13)20-7-6-19-16(24)14-4-2-3-5-18-14/h2-5,12H,6-11H2,1H3,(H,19,24)(H,20,21,22). The molecule has 0 saturated carbocycles. The number of morpholine rings is 1. The Bertz CT molecular complexity index is 704. The summed E-state index contributed by atoms with van der Waals surface area (Å²) in [6.07, 6.45) is 1.60. The number of ether oxygens (including phenoxy) is 1. The normalized spacial score (nSPS) is 14.2. The van der Waals surface area contributed by atoms with Gasteiger partial charge in [0.2, 0.25) is 5.95 Å². The minimum atomic E-state index is -0.193. The molecule has 1 aliphatic heterocycles. The topological polar surface area (TPSA) is 92.3 Å². The predicted octanol–water partition coefficient (Wildman–Crippen LogP) is 0.859. The Morgan fingerprint density at radius 1 is 1.24 bits per heavy atom. The first-order chi connectivity index (χ1) is 12.2. The van der Waals surface area contributed by atoms with Crippen molar-refractivity contribution in [2.24, 2.45) is 0 Å². The molecule has 0 unspecified atom stereocenters. The molecule has 0 aromatic carbocycles.